The Morgan fingerprint density at radius 1 is 1.26 bits per heavy atom. The minimum atomic E-state index is -0.760. The fourth-order valence-corrected chi connectivity index (χ4v) is 3.63. The van der Waals surface area contributed by atoms with Gasteiger partial charge < -0.3 is 10.1 Å². The van der Waals surface area contributed by atoms with E-state index in [0.29, 0.717) is 12.8 Å². The van der Waals surface area contributed by atoms with Gasteiger partial charge in [-0.2, -0.15) is 0 Å². The van der Waals surface area contributed by atoms with E-state index in [1.54, 1.807) is 18.3 Å². The van der Waals surface area contributed by atoms with Crippen molar-refractivity contribution in [3.8, 4) is 5.75 Å². The van der Waals surface area contributed by atoms with E-state index in [2.05, 4.69) is 10.3 Å². The van der Waals surface area contributed by atoms with Crippen LogP contribution in [0.25, 0.3) is 10.2 Å². The molecule has 1 aromatic heterocycles. The second kappa shape index (κ2) is 8.90. The highest BCUT2D eigenvalue weighted by atomic mass is 32.1. The Morgan fingerprint density at radius 2 is 2.07 bits per heavy atom. The molecular formula is C20H20F2N2O2S. The smallest absolute Gasteiger partial charge is 0.220 e. The van der Waals surface area contributed by atoms with Crippen molar-refractivity contribution in [2.45, 2.75) is 32.2 Å². The summed E-state index contributed by atoms with van der Waals surface area (Å²) in [4.78, 5) is 16.6. The Bertz CT molecular complexity index is 896. The van der Waals surface area contributed by atoms with Gasteiger partial charge in [0.05, 0.1) is 21.3 Å². The Balaban J connectivity index is 1.39. The van der Waals surface area contributed by atoms with Gasteiger partial charge in [-0.25, -0.2) is 13.8 Å². The van der Waals surface area contributed by atoms with Crippen LogP contribution in [0.15, 0.2) is 42.5 Å². The summed E-state index contributed by atoms with van der Waals surface area (Å²) < 4.78 is 32.8. The SMILES string of the molecule is CC(COc1ccc(F)cc1F)NC(=O)CCCc1nc2ccccc2s1. The summed E-state index contributed by atoms with van der Waals surface area (Å²) in [5.74, 6) is -1.54. The van der Waals surface area contributed by atoms with Crippen molar-refractivity contribution in [3.63, 3.8) is 0 Å². The van der Waals surface area contributed by atoms with Crippen LogP contribution in [0.5, 0.6) is 5.75 Å². The van der Waals surface area contributed by atoms with Gasteiger partial charge in [0.25, 0.3) is 0 Å². The molecule has 0 aliphatic carbocycles. The van der Waals surface area contributed by atoms with Gasteiger partial charge >= 0.3 is 0 Å². The van der Waals surface area contributed by atoms with Crippen molar-refractivity contribution < 1.29 is 18.3 Å². The summed E-state index contributed by atoms with van der Waals surface area (Å²) in [7, 11) is 0. The maximum absolute atomic E-state index is 13.5. The Labute approximate surface area is 160 Å². The average molecular weight is 390 g/mol. The van der Waals surface area contributed by atoms with Crippen LogP contribution < -0.4 is 10.1 Å². The number of hydrogen-bond acceptors (Lipinski definition) is 4. The number of benzene rings is 2. The van der Waals surface area contributed by atoms with E-state index in [0.717, 1.165) is 33.8 Å². The average Bonchev–Trinajstić information content (AvgIpc) is 3.03. The first kappa shape index (κ1) is 19.2. The number of fused-ring (bicyclic) bond motifs is 1. The van der Waals surface area contributed by atoms with E-state index in [4.69, 9.17) is 4.74 Å². The Hall–Kier alpha value is -2.54. The molecule has 0 saturated heterocycles. The number of aromatic nitrogens is 1. The molecule has 4 nitrogen and oxygen atoms in total. The number of carbonyl (C=O) groups excluding carboxylic acids is 1. The molecule has 0 bridgehead atoms. The molecule has 1 atom stereocenters. The van der Waals surface area contributed by atoms with Crippen LogP contribution in [0.2, 0.25) is 0 Å². The molecule has 0 spiro atoms. The number of nitrogens with one attached hydrogen (secondary N) is 1. The summed E-state index contributed by atoms with van der Waals surface area (Å²) in [5.41, 5.74) is 0.987. The third-order valence-corrected chi connectivity index (χ3v) is 5.02. The highest BCUT2D eigenvalue weighted by molar-refractivity contribution is 7.18. The highest BCUT2D eigenvalue weighted by Crippen LogP contribution is 2.22. The maximum atomic E-state index is 13.5. The van der Waals surface area contributed by atoms with Gasteiger partial charge in [0.15, 0.2) is 11.6 Å². The molecule has 0 radical (unpaired) electrons. The van der Waals surface area contributed by atoms with Crippen LogP contribution in [0.3, 0.4) is 0 Å². The van der Waals surface area contributed by atoms with Gasteiger partial charge in [-0.3, -0.25) is 4.79 Å². The number of hydrogen-bond donors (Lipinski definition) is 1. The maximum Gasteiger partial charge on any atom is 0.220 e. The van der Waals surface area contributed by atoms with Gasteiger partial charge in [0.1, 0.15) is 12.4 Å². The van der Waals surface area contributed by atoms with Crippen molar-refractivity contribution in [2.24, 2.45) is 0 Å². The molecule has 1 unspecified atom stereocenters. The molecule has 0 aliphatic rings. The van der Waals surface area contributed by atoms with Gasteiger partial charge in [0.2, 0.25) is 5.91 Å². The molecule has 1 N–H and O–H groups in total. The molecule has 3 rings (SSSR count). The van der Waals surface area contributed by atoms with Crippen molar-refractivity contribution in [1.29, 1.82) is 0 Å². The van der Waals surface area contributed by atoms with E-state index >= 15 is 0 Å². The molecule has 0 fully saturated rings. The lowest BCUT2D eigenvalue weighted by atomic mass is 10.2. The number of nitrogens with zero attached hydrogens (tertiary/aromatic N) is 1. The molecule has 1 heterocycles. The molecule has 3 aromatic rings. The number of rotatable bonds is 8. The first-order valence-electron chi connectivity index (χ1n) is 8.73. The number of amides is 1. The fourth-order valence-electron chi connectivity index (χ4n) is 2.62. The van der Waals surface area contributed by atoms with Gasteiger partial charge in [-0.1, -0.05) is 12.1 Å². The molecule has 0 aliphatic heterocycles. The number of thiazole rings is 1. The third kappa shape index (κ3) is 5.47. The minimum absolute atomic E-state index is 0.0339. The van der Waals surface area contributed by atoms with Crippen molar-refractivity contribution in [3.05, 3.63) is 59.1 Å². The monoisotopic (exact) mass is 390 g/mol. The van der Waals surface area contributed by atoms with Crippen LogP contribution in [-0.2, 0) is 11.2 Å². The van der Waals surface area contributed by atoms with Crippen molar-refractivity contribution >= 4 is 27.5 Å². The van der Waals surface area contributed by atoms with Crippen molar-refractivity contribution in [1.82, 2.24) is 10.3 Å². The standard InChI is InChI=1S/C20H20F2N2O2S/c1-13(12-26-17-10-9-14(21)11-15(17)22)23-19(25)7-4-8-20-24-16-5-2-3-6-18(16)27-20/h2-3,5-6,9-11,13H,4,7-8,12H2,1H3,(H,23,25). The summed E-state index contributed by atoms with van der Waals surface area (Å²) in [6, 6.07) is 10.8. The van der Waals surface area contributed by atoms with E-state index in [-0.39, 0.29) is 24.3 Å². The molecular weight excluding hydrogens is 370 g/mol. The number of halogens is 2. The summed E-state index contributed by atoms with van der Waals surface area (Å²) in [6.07, 6.45) is 1.83. The third-order valence-electron chi connectivity index (χ3n) is 3.92. The summed E-state index contributed by atoms with van der Waals surface area (Å²) in [5, 5.41) is 3.84. The van der Waals surface area contributed by atoms with E-state index in [1.807, 2.05) is 24.3 Å². The zero-order valence-electron chi connectivity index (χ0n) is 14.9. The number of aryl methyl sites for hydroxylation is 1. The van der Waals surface area contributed by atoms with Crippen LogP contribution in [0.1, 0.15) is 24.8 Å². The second-order valence-corrected chi connectivity index (χ2v) is 7.40. The molecule has 1 amide bonds. The van der Waals surface area contributed by atoms with Crippen molar-refractivity contribution in [2.75, 3.05) is 6.61 Å². The van der Waals surface area contributed by atoms with Gasteiger partial charge in [0, 0.05) is 12.5 Å². The van der Waals surface area contributed by atoms with Gasteiger partial charge in [-0.05, 0) is 44.0 Å². The molecule has 7 heteroatoms. The zero-order valence-corrected chi connectivity index (χ0v) is 15.7. The Morgan fingerprint density at radius 3 is 2.85 bits per heavy atom. The fraction of sp³-hybridized carbons (Fsp3) is 0.300. The van der Waals surface area contributed by atoms with E-state index in [1.165, 1.54) is 6.07 Å². The normalized spacial score (nSPS) is 12.1. The minimum Gasteiger partial charge on any atom is -0.488 e. The Kier molecular flexibility index (Phi) is 6.34. The predicted octanol–water partition coefficient (Wildman–Crippen LogP) is 4.48. The first-order chi connectivity index (χ1) is 13.0. The summed E-state index contributed by atoms with van der Waals surface area (Å²) >= 11 is 1.65. The highest BCUT2D eigenvalue weighted by Gasteiger charge is 2.11. The lowest BCUT2D eigenvalue weighted by Gasteiger charge is -2.15. The zero-order chi connectivity index (χ0) is 19.2. The second-order valence-electron chi connectivity index (χ2n) is 6.28. The van der Waals surface area contributed by atoms with Crippen LogP contribution >= 0.6 is 11.3 Å². The number of carbonyl (C=O) groups is 1. The molecule has 0 saturated carbocycles. The van der Waals surface area contributed by atoms with Gasteiger partial charge in [-0.15, -0.1) is 11.3 Å². The quantitative estimate of drug-likeness (QED) is 0.617. The first-order valence-corrected chi connectivity index (χ1v) is 9.54. The molecule has 2 aromatic carbocycles. The lowest BCUT2D eigenvalue weighted by molar-refractivity contribution is -0.122. The number of para-hydroxylation sites is 1. The number of ether oxygens (including phenoxy) is 1. The van der Waals surface area contributed by atoms with Crippen LogP contribution in [0, 0.1) is 11.6 Å². The van der Waals surface area contributed by atoms with Crippen LogP contribution in [0.4, 0.5) is 8.78 Å². The van der Waals surface area contributed by atoms with E-state index < -0.39 is 11.6 Å². The van der Waals surface area contributed by atoms with E-state index in [9.17, 15) is 13.6 Å². The topological polar surface area (TPSA) is 51.2 Å². The lowest BCUT2D eigenvalue weighted by Crippen LogP contribution is -2.36. The largest absolute Gasteiger partial charge is 0.488 e. The summed E-state index contributed by atoms with van der Waals surface area (Å²) in [6.45, 7) is 1.87. The van der Waals surface area contributed by atoms with Crippen LogP contribution in [-0.4, -0.2) is 23.5 Å². The molecule has 27 heavy (non-hydrogen) atoms. The molecule has 142 valence electrons. The predicted molar refractivity (Wildman–Crippen MR) is 102 cm³/mol.